The molecule has 3 unspecified atom stereocenters. The number of ether oxygens (including phenoxy) is 1. The molecule has 0 aromatic heterocycles. The van der Waals surface area contributed by atoms with Crippen molar-refractivity contribution < 1.29 is 4.74 Å². The number of rotatable bonds is 0. The van der Waals surface area contributed by atoms with E-state index in [1.165, 1.54) is 32.1 Å². The van der Waals surface area contributed by atoms with Gasteiger partial charge < -0.3 is 10.1 Å². The summed E-state index contributed by atoms with van der Waals surface area (Å²) in [5.41, 5.74) is 3.89. The van der Waals surface area contributed by atoms with Crippen LogP contribution in [0.5, 0.6) is 0 Å². The molecule has 1 saturated heterocycles. The summed E-state index contributed by atoms with van der Waals surface area (Å²) in [5, 5.41) is 3.35. The Morgan fingerprint density at radius 2 is 2.38 bits per heavy atom. The molecule has 2 fully saturated rings. The van der Waals surface area contributed by atoms with Crippen LogP contribution in [-0.2, 0) is 4.74 Å². The van der Waals surface area contributed by atoms with Crippen molar-refractivity contribution >= 4 is 0 Å². The number of hydrogen-bond acceptors (Lipinski definition) is 2. The number of dihydropyridines is 1. The van der Waals surface area contributed by atoms with E-state index in [1.54, 1.807) is 11.1 Å². The summed E-state index contributed by atoms with van der Waals surface area (Å²) in [5.74, 6) is 0.835. The van der Waals surface area contributed by atoms with E-state index in [-0.39, 0.29) is 0 Å². The Labute approximate surface area is 96.7 Å². The maximum absolute atomic E-state index is 5.90. The normalized spacial score (nSPS) is 45.0. The zero-order valence-corrected chi connectivity index (χ0v) is 9.67. The third-order valence-electron chi connectivity index (χ3n) is 5.05. The Hall–Kier alpha value is -0.760. The van der Waals surface area contributed by atoms with Crippen LogP contribution in [0.15, 0.2) is 23.4 Å². The Bertz CT molecular complexity index is 384. The second-order valence-electron chi connectivity index (χ2n) is 5.74. The summed E-state index contributed by atoms with van der Waals surface area (Å²) in [7, 11) is 0. The monoisotopic (exact) mass is 217 g/mol. The van der Waals surface area contributed by atoms with Gasteiger partial charge in [-0.2, -0.15) is 0 Å². The standard InChI is InChI=1S/C14H19NO/c1-2-10-8-14(5-3-13(10)16-7-1)11-4-6-15-9-12(11)14/h4,6,10,13,15H,1-3,5,7-9H2. The molecule has 3 atom stereocenters. The molecule has 0 radical (unpaired) electrons. The Kier molecular flexibility index (Phi) is 1.82. The summed E-state index contributed by atoms with van der Waals surface area (Å²) in [4.78, 5) is 0. The topological polar surface area (TPSA) is 21.3 Å². The Morgan fingerprint density at radius 3 is 3.25 bits per heavy atom. The number of hydrogen-bond donors (Lipinski definition) is 1. The molecular weight excluding hydrogens is 198 g/mol. The zero-order chi connectivity index (χ0) is 10.6. The highest BCUT2D eigenvalue weighted by Gasteiger charge is 2.56. The van der Waals surface area contributed by atoms with Crippen LogP contribution in [0.3, 0.4) is 0 Å². The van der Waals surface area contributed by atoms with Gasteiger partial charge in [-0.1, -0.05) is 0 Å². The third kappa shape index (κ3) is 1.11. The second-order valence-corrected chi connectivity index (χ2v) is 5.74. The fourth-order valence-electron chi connectivity index (χ4n) is 4.19. The van der Waals surface area contributed by atoms with Gasteiger partial charge in [0.15, 0.2) is 0 Å². The Balaban J connectivity index is 1.55. The van der Waals surface area contributed by atoms with Crippen molar-refractivity contribution in [2.45, 2.75) is 38.2 Å². The smallest absolute Gasteiger partial charge is 0.0604 e. The Morgan fingerprint density at radius 1 is 1.38 bits per heavy atom. The van der Waals surface area contributed by atoms with Gasteiger partial charge in [-0.3, -0.25) is 0 Å². The molecule has 0 amide bonds. The first kappa shape index (κ1) is 9.29. The van der Waals surface area contributed by atoms with Crippen LogP contribution in [0.2, 0.25) is 0 Å². The lowest BCUT2D eigenvalue weighted by atomic mass is 9.71. The summed E-state index contributed by atoms with van der Waals surface area (Å²) >= 11 is 0. The quantitative estimate of drug-likeness (QED) is 0.672. The first-order chi connectivity index (χ1) is 7.90. The van der Waals surface area contributed by atoms with Crippen molar-refractivity contribution in [2.75, 3.05) is 13.2 Å². The summed E-state index contributed by atoms with van der Waals surface area (Å²) in [6, 6.07) is 0. The van der Waals surface area contributed by atoms with Gasteiger partial charge in [-0.25, -0.2) is 0 Å². The number of fused-ring (bicyclic) bond motifs is 3. The lowest BCUT2D eigenvalue weighted by molar-refractivity contribution is -0.0596. The summed E-state index contributed by atoms with van der Waals surface area (Å²) in [6.07, 6.45) is 11.7. The molecule has 4 aliphatic rings. The summed E-state index contributed by atoms with van der Waals surface area (Å²) < 4.78 is 5.90. The maximum atomic E-state index is 5.90. The average molecular weight is 217 g/mol. The molecule has 2 heterocycles. The molecule has 2 aliphatic carbocycles. The minimum absolute atomic E-state index is 0.516. The zero-order valence-electron chi connectivity index (χ0n) is 9.67. The molecule has 2 nitrogen and oxygen atoms in total. The molecule has 2 aliphatic heterocycles. The first-order valence-corrected chi connectivity index (χ1v) is 6.66. The average Bonchev–Trinajstić information content (AvgIpc) is 2.97. The van der Waals surface area contributed by atoms with Crippen molar-refractivity contribution in [2.24, 2.45) is 11.3 Å². The van der Waals surface area contributed by atoms with Crippen molar-refractivity contribution in [1.82, 2.24) is 5.32 Å². The van der Waals surface area contributed by atoms with Crippen LogP contribution in [0, 0.1) is 11.3 Å². The van der Waals surface area contributed by atoms with E-state index < -0.39 is 0 Å². The van der Waals surface area contributed by atoms with E-state index in [0.29, 0.717) is 11.5 Å². The molecule has 86 valence electrons. The highest BCUT2D eigenvalue weighted by Crippen LogP contribution is 2.64. The van der Waals surface area contributed by atoms with Crippen molar-refractivity contribution in [3.8, 4) is 0 Å². The lowest BCUT2D eigenvalue weighted by Crippen LogP contribution is -2.37. The van der Waals surface area contributed by atoms with Crippen LogP contribution in [0.1, 0.15) is 32.1 Å². The molecule has 1 N–H and O–H groups in total. The molecule has 16 heavy (non-hydrogen) atoms. The van der Waals surface area contributed by atoms with Gasteiger partial charge >= 0.3 is 0 Å². The lowest BCUT2D eigenvalue weighted by Gasteiger charge is -2.40. The molecule has 0 bridgehead atoms. The van der Waals surface area contributed by atoms with E-state index in [2.05, 4.69) is 17.6 Å². The largest absolute Gasteiger partial charge is 0.387 e. The van der Waals surface area contributed by atoms with Crippen molar-refractivity contribution in [1.29, 1.82) is 0 Å². The van der Waals surface area contributed by atoms with Crippen LogP contribution >= 0.6 is 0 Å². The van der Waals surface area contributed by atoms with Gasteiger partial charge in [0, 0.05) is 18.6 Å². The van der Waals surface area contributed by atoms with Gasteiger partial charge in [0.2, 0.25) is 0 Å². The molecule has 4 rings (SSSR count). The highest BCUT2D eigenvalue weighted by molar-refractivity contribution is 5.58. The van der Waals surface area contributed by atoms with Crippen molar-refractivity contribution in [3.63, 3.8) is 0 Å². The predicted octanol–water partition coefficient (Wildman–Crippen LogP) is 2.38. The molecule has 1 saturated carbocycles. The first-order valence-electron chi connectivity index (χ1n) is 6.66. The van der Waals surface area contributed by atoms with E-state index >= 15 is 0 Å². The molecule has 0 aromatic rings. The van der Waals surface area contributed by atoms with Gasteiger partial charge in [0.05, 0.1) is 6.10 Å². The van der Waals surface area contributed by atoms with Crippen LogP contribution < -0.4 is 5.32 Å². The van der Waals surface area contributed by atoms with Gasteiger partial charge in [-0.15, -0.1) is 0 Å². The third-order valence-corrected chi connectivity index (χ3v) is 5.05. The van der Waals surface area contributed by atoms with Crippen LogP contribution in [-0.4, -0.2) is 19.3 Å². The van der Waals surface area contributed by atoms with Crippen LogP contribution in [0.25, 0.3) is 0 Å². The molecule has 2 heteroatoms. The molecule has 0 aromatic carbocycles. The highest BCUT2D eigenvalue weighted by atomic mass is 16.5. The van der Waals surface area contributed by atoms with Gasteiger partial charge in [0.1, 0.15) is 0 Å². The maximum Gasteiger partial charge on any atom is 0.0604 e. The fraction of sp³-hybridized carbons (Fsp3) is 0.714. The minimum atomic E-state index is 0.516. The van der Waals surface area contributed by atoms with Gasteiger partial charge in [0.25, 0.3) is 0 Å². The second kappa shape index (κ2) is 3.13. The van der Waals surface area contributed by atoms with E-state index in [1.807, 2.05) is 0 Å². The minimum Gasteiger partial charge on any atom is -0.387 e. The molecular formula is C14H19NO. The van der Waals surface area contributed by atoms with E-state index in [4.69, 9.17) is 4.74 Å². The summed E-state index contributed by atoms with van der Waals surface area (Å²) in [6.45, 7) is 2.10. The predicted molar refractivity (Wildman–Crippen MR) is 62.9 cm³/mol. The van der Waals surface area contributed by atoms with E-state index in [0.717, 1.165) is 19.1 Å². The van der Waals surface area contributed by atoms with Crippen LogP contribution in [0.4, 0.5) is 0 Å². The van der Waals surface area contributed by atoms with Crippen molar-refractivity contribution in [3.05, 3.63) is 23.4 Å². The number of allylic oxidation sites excluding steroid dienone is 2. The van der Waals surface area contributed by atoms with E-state index in [9.17, 15) is 0 Å². The SMILES string of the molecule is C1=CC2=C(CN1)C21CCC2OCCCC2C1. The fourth-order valence-corrected chi connectivity index (χ4v) is 4.19. The number of nitrogens with one attached hydrogen (secondary N) is 1. The van der Waals surface area contributed by atoms with Gasteiger partial charge in [-0.05, 0) is 61.4 Å². The molecule has 1 spiro atoms.